The van der Waals surface area contributed by atoms with Gasteiger partial charge >= 0.3 is 8.56 Å². The molecule has 1 aliphatic carbocycles. The van der Waals surface area contributed by atoms with Gasteiger partial charge < -0.3 is 27.8 Å². The fourth-order valence-corrected chi connectivity index (χ4v) is 6.31. The van der Waals surface area contributed by atoms with Crippen molar-refractivity contribution in [3.63, 3.8) is 0 Å². The Morgan fingerprint density at radius 3 is 2.03 bits per heavy atom. The fourth-order valence-electron chi connectivity index (χ4n) is 4.12. The van der Waals surface area contributed by atoms with Gasteiger partial charge in [0, 0.05) is 0 Å². The van der Waals surface area contributed by atoms with Gasteiger partial charge in [-0.1, -0.05) is 37.8 Å². The fraction of sp³-hybridized carbons (Fsp3) is 0.840. The molecule has 0 aromatic rings. The maximum absolute atomic E-state index is 6.70. The van der Waals surface area contributed by atoms with Crippen LogP contribution in [0.25, 0.3) is 0 Å². The highest BCUT2D eigenvalue weighted by Crippen LogP contribution is 2.27. The predicted molar refractivity (Wildman–Crippen MR) is 130 cm³/mol. The highest BCUT2D eigenvalue weighted by atomic mass is 28.4. The van der Waals surface area contributed by atoms with E-state index in [0.717, 1.165) is 25.7 Å². The second-order valence-electron chi connectivity index (χ2n) is 8.73. The molecular formula is C25H46O6Si. The van der Waals surface area contributed by atoms with Gasteiger partial charge in [0.2, 0.25) is 0 Å². The molecule has 3 atom stereocenters. The quantitative estimate of drug-likeness (QED) is 0.279. The Bertz CT molecular complexity index is 503. The lowest BCUT2D eigenvalue weighted by atomic mass is 9.95. The Balaban J connectivity index is 1.90. The van der Waals surface area contributed by atoms with Gasteiger partial charge in [0.25, 0.3) is 0 Å². The molecule has 2 rings (SSSR count). The first kappa shape index (κ1) is 27.7. The van der Waals surface area contributed by atoms with Gasteiger partial charge in [-0.2, -0.15) is 0 Å². The zero-order chi connectivity index (χ0) is 22.7. The smallest absolute Gasteiger partial charge is 0.361 e. The monoisotopic (exact) mass is 470 g/mol. The van der Waals surface area contributed by atoms with Gasteiger partial charge in [0.1, 0.15) is 0 Å². The van der Waals surface area contributed by atoms with Gasteiger partial charge in [0.05, 0.1) is 65.1 Å². The van der Waals surface area contributed by atoms with Gasteiger partial charge in [-0.15, -0.1) is 6.58 Å². The van der Waals surface area contributed by atoms with E-state index in [1.54, 1.807) is 0 Å². The summed E-state index contributed by atoms with van der Waals surface area (Å²) in [6.07, 6.45) is 16.1. The van der Waals surface area contributed by atoms with Crippen LogP contribution in [0, 0.1) is 0 Å². The summed E-state index contributed by atoms with van der Waals surface area (Å²) in [5.41, 5.74) is 2.22. The van der Waals surface area contributed by atoms with Crippen molar-refractivity contribution in [3.8, 4) is 0 Å². The molecule has 2 fully saturated rings. The second-order valence-corrected chi connectivity index (χ2v) is 11.6. The standard InChI is InChI=1S/C25H46O6Si/c1-3-4-5-6-7-8-9-12-23-32(2)30-22-20-28-18-16-26-15-17-27-19-21-29-24-13-10-11-14-25(24)31-32/h3,12,23-25H,1,4-11,13-22H2,2H3/b23-12-. The molecule has 0 N–H and O–H groups in total. The first-order valence-corrected chi connectivity index (χ1v) is 15.1. The molecule has 0 aromatic carbocycles. The highest BCUT2D eigenvalue weighted by molar-refractivity contribution is 6.71. The summed E-state index contributed by atoms with van der Waals surface area (Å²) in [6, 6.07) is 0. The predicted octanol–water partition coefficient (Wildman–Crippen LogP) is 5.10. The summed E-state index contributed by atoms with van der Waals surface area (Å²) < 4.78 is 36.0. The largest absolute Gasteiger partial charge is 0.389 e. The molecule has 186 valence electrons. The van der Waals surface area contributed by atoms with Crippen LogP contribution < -0.4 is 0 Å². The summed E-state index contributed by atoms with van der Waals surface area (Å²) in [7, 11) is -2.48. The van der Waals surface area contributed by atoms with Crippen LogP contribution in [0.3, 0.4) is 0 Å². The molecule has 1 saturated heterocycles. The van der Waals surface area contributed by atoms with Crippen LogP contribution in [-0.4, -0.2) is 73.6 Å². The summed E-state index contributed by atoms with van der Waals surface area (Å²) in [6.45, 7) is 10.5. The minimum absolute atomic E-state index is 0.0869. The van der Waals surface area contributed by atoms with Crippen LogP contribution in [0.15, 0.2) is 24.4 Å². The van der Waals surface area contributed by atoms with Crippen molar-refractivity contribution >= 4 is 8.56 Å². The van der Waals surface area contributed by atoms with Gasteiger partial charge in [-0.3, -0.25) is 0 Å². The van der Waals surface area contributed by atoms with Gasteiger partial charge in [-0.05, 0) is 50.8 Å². The summed E-state index contributed by atoms with van der Waals surface area (Å²) in [5, 5.41) is 0. The van der Waals surface area contributed by atoms with E-state index in [9.17, 15) is 0 Å². The van der Waals surface area contributed by atoms with Crippen molar-refractivity contribution in [2.45, 2.75) is 83.0 Å². The van der Waals surface area contributed by atoms with Crippen LogP contribution in [0.2, 0.25) is 6.55 Å². The van der Waals surface area contributed by atoms with Crippen molar-refractivity contribution in [2.75, 3.05) is 52.9 Å². The van der Waals surface area contributed by atoms with Crippen molar-refractivity contribution in [3.05, 3.63) is 24.4 Å². The van der Waals surface area contributed by atoms with E-state index < -0.39 is 8.56 Å². The minimum Gasteiger partial charge on any atom is -0.389 e. The lowest BCUT2D eigenvalue weighted by molar-refractivity contribution is -0.0756. The SMILES string of the molecule is C=CCCCCCC/C=C\[Si]1(C)OCCOCCOCCOCCOC2CCCCC2O1. The van der Waals surface area contributed by atoms with Crippen molar-refractivity contribution in [1.82, 2.24) is 0 Å². The number of ether oxygens (including phenoxy) is 4. The van der Waals surface area contributed by atoms with E-state index in [1.807, 2.05) is 6.08 Å². The molecule has 0 radical (unpaired) electrons. The van der Waals surface area contributed by atoms with E-state index in [0.29, 0.717) is 52.9 Å². The van der Waals surface area contributed by atoms with E-state index in [-0.39, 0.29) is 12.2 Å². The molecular weight excluding hydrogens is 424 g/mol. The average molecular weight is 471 g/mol. The number of hydrogen-bond acceptors (Lipinski definition) is 6. The number of rotatable bonds is 8. The Hall–Kier alpha value is -0.543. The van der Waals surface area contributed by atoms with Crippen molar-refractivity contribution in [1.29, 1.82) is 0 Å². The summed E-state index contributed by atoms with van der Waals surface area (Å²) >= 11 is 0. The molecule has 7 heteroatoms. The topological polar surface area (TPSA) is 55.4 Å². The number of fused-ring (bicyclic) bond motifs is 1. The molecule has 0 amide bonds. The second kappa shape index (κ2) is 17.9. The Labute approximate surface area is 196 Å². The van der Waals surface area contributed by atoms with Crippen molar-refractivity contribution < 1.29 is 27.8 Å². The molecule has 1 heterocycles. The van der Waals surface area contributed by atoms with Gasteiger partial charge in [-0.25, -0.2) is 0 Å². The molecule has 1 saturated carbocycles. The van der Waals surface area contributed by atoms with Crippen LogP contribution in [0.5, 0.6) is 0 Å². The molecule has 32 heavy (non-hydrogen) atoms. The van der Waals surface area contributed by atoms with Crippen LogP contribution >= 0.6 is 0 Å². The Kier molecular flexibility index (Phi) is 15.5. The highest BCUT2D eigenvalue weighted by Gasteiger charge is 2.36. The number of allylic oxidation sites excluding steroid dienone is 2. The van der Waals surface area contributed by atoms with E-state index in [2.05, 4.69) is 24.9 Å². The van der Waals surface area contributed by atoms with Gasteiger partial charge in [0.15, 0.2) is 0 Å². The summed E-state index contributed by atoms with van der Waals surface area (Å²) in [4.78, 5) is 0. The third-order valence-corrected chi connectivity index (χ3v) is 8.29. The molecule has 1 aliphatic heterocycles. The lowest BCUT2D eigenvalue weighted by Crippen LogP contribution is -2.47. The molecule has 2 aliphatic rings. The van der Waals surface area contributed by atoms with E-state index in [1.165, 1.54) is 38.5 Å². The first-order chi connectivity index (χ1) is 15.7. The normalized spacial score (nSPS) is 29.9. The lowest BCUT2D eigenvalue weighted by Gasteiger charge is -2.36. The van der Waals surface area contributed by atoms with Crippen molar-refractivity contribution in [2.24, 2.45) is 0 Å². The third kappa shape index (κ3) is 12.6. The Morgan fingerprint density at radius 1 is 0.750 bits per heavy atom. The van der Waals surface area contributed by atoms with E-state index in [4.69, 9.17) is 27.8 Å². The third-order valence-electron chi connectivity index (χ3n) is 5.90. The molecule has 0 aromatic heterocycles. The average Bonchev–Trinajstić information content (AvgIpc) is 2.79. The Morgan fingerprint density at radius 2 is 1.34 bits per heavy atom. The zero-order valence-electron chi connectivity index (χ0n) is 20.3. The first-order valence-electron chi connectivity index (χ1n) is 12.7. The number of hydrogen-bond donors (Lipinski definition) is 0. The maximum Gasteiger partial charge on any atom is 0.361 e. The molecule has 0 bridgehead atoms. The molecule has 0 spiro atoms. The minimum atomic E-state index is -2.48. The maximum atomic E-state index is 6.70. The zero-order valence-corrected chi connectivity index (χ0v) is 21.3. The number of unbranched alkanes of at least 4 members (excludes halogenated alkanes) is 5. The van der Waals surface area contributed by atoms with Crippen LogP contribution in [0.4, 0.5) is 0 Å². The van der Waals surface area contributed by atoms with E-state index >= 15 is 0 Å². The van der Waals surface area contributed by atoms with Crippen LogP contribution in [0.1, 0.15) is 64.2 Å². The van der Waals surface area contributed by atoms with Crippen LogP contribution in [-0.2, 0) is 27.8 Å². The molecule has 3 unspecified atom stereocenters. The summed E-state index contributed by atoms with van der Waals surface area (Å²) in [5.74, 6) is 0. The molecule has 6 nitrogen and oxygen atoms in total.